The predicted molar refractivity (Wildman–Crippen MR) is 88.2 cm³/mol. The molecule has 1 fully saturated rings. The summed E-state index contributed by atoms with van der Waals surface area (Å²) in [5.74, 6) is 1.57. The summed E-state index contributed by atoms with van der Waals surface area (Å²) in [4.78, 5) is 14.5. The van der Waals surface area contributed by atoms with Crippen molar-refractivity contribution in [1.82, 2.24) is 4.90 Å². The van der Waals surface area contributed by atoms with Crippen LogP contribution in [0.5, 0.6) is 5.75 Å². The predicted octanol–water partition coefficient (Wildman–Crippen LogP) is 3.59. The second-order valence-electron chi connectivity index (χ2n) is 6.93. The molecule has 3 rings (SSSR count). The molecule has 1 aliphatic carbocycles. The molecule has 2 atom stereocenters. The fourth-order valence-corrected chi connectivity index (χ4v) is 3.68. The number of hydrogen-bond donors (Lipinski definition) is 0. The van der Waals surface area contributed by atoms with Crippen molar-refractivity contribution >= 4 is 5.91 Å². The van der Waals surface area contributed by atoms with Gasteiger partial charge < -0.3 is 9.64 Å². The third-order valence-electron chi connectivity index (χ3n) is 4.95. The minimum atomic E-state index is -0.396. The molecule has 1 aromatic carbocycles. The molecular weight excluding hydrogens is 274 g/mol. The molecule has 2 aliphatic rings. The number of ether oxygens (including phenoxy) is 1. The molecule has 1 aliphatic heterocycles. The Balaban J connectivity index is 1.63. The van der Waals surface area contributed by atoms with Crippen molar-refractivity contribution in [3.05, 3.63) is 29.3 Å². The summed E-state index contributed by atoms with van der Waals surface area (Å²) in [6.45, 7) is 5.84. The van der Waals surface area contributed by atoms with Gasteiger partial charge in [0.05, 0.1) is 0 Å². The molecule has 3 nitrogen and oxygen atoms in total. The maximum atomic E-state index is 12.5. The quantitative estimate of drug-likeness (QED) is 0.854. The maximum absolute atomic E-state index is 12.5. The Morgan fingerprint density at radius 1 is 1.23 bits per heavy atom. The van der Waals surface area contributed by atoms with Gasteiger partial charge in [-0.2, -0.15) is 0 Å². The number of piperidine rings is 1. The number of benzene rings is 1. The van der Waals surface area contributed by atoms with Gasteiger partial charge >= 0.3 is 0 Å². The van der Waals surface area contributed by atoms with Crippen LogP contribution in [0.4, 0.5) is 0 Å². The van der Waals surface area contributed by atoms with Gasteiger partial charge in [-0.1, -0.05) is 13.0 Å². The van der Waals surface area contributed by atoms with Crippen molar-refractivity contribution in [3.63, 3.8) is 0 Å². The molecule has 1 saturated heterocycles. The van der Waals surface area contributed by atoms with Gasteiger partial charge in [0.1, 0.15) is 5.75 Å². The average Bonchev–Trinajstić information content (AvgIpc) is 2.54. The van der Waals surface area contributed by atoms with Crippen molar-refractivity contribution in [2.24, 2.45) is 5.92 Å². The van der Waals surface area contributed by atoms with E-state index in [9.17, 15) is 4.79 Å². The second kappa shape index (κ2) is 6.72. The standard InChI is InChI=1S/C19H27NO2/c1-14-6-5-11-20(13-14)19(21)15(2)22-18-10-9-16-7-3-4-8-17(16)12-18/h9-10,12,14-15H,3-8,11,13H2,1-2H3/t14-,15+/m0/s1. The largest absolute Gasteiger partial charge is 0.481 e. The van der Waals surface area contributed by atoms with E-state index in [1.54, 1.807) is 0 Å². The van der Waals surface area contributed by atoms with Crippen LogP contribution in [0.2, 0.25) is 0 Å². The zero-order valence-electron chi connectivity index (χ0n) is 13.8. The number of carbonyl (C=O) groups excluding carboxylic acids is 1. The first-order valence-electron chi connectivity index (χ1n) is 8.71. The molecule has 120 valence electrons. The number of carbonyl (C=O) groups is 1. The molecule has 0 radical (unpaired) electrons. The van der Waals surface area contributed by atoms with Gasteiger partial charge in [-0.3, -0.25) is 4.79 Å². The van der Waals surface area contributed by atoms with E-state index in [1.165, 1.54) is 36.8 Å². The van der Waals surface area contributed by atoms with Crippen molar-refractivity contribution in [2.45, 2.75) is 58.5 Å². The van der Waals surface area contributed by atoms with Crippen LogP contribution in [0, 0.1) is 5.92 Å². The Hall–Kier alpha value is -1.51. The molecular formula is C19H27NO2. The van der Waals surface area contributed by atoms with Gasteiger partial charge in [-0.05, 0) is 74.6 Å². The van der Waals surface area contributed by atoms with E-state index in [2.05, 4.69) is 19.1 Å². The van der Waals surface area contributed by atoms with E-state index < -0.39 is 6.10 Å². The Labute approximate surface area is 133 Å². The van der Waals surface area contributed by atoms with Crippen LogP contribution in [0.1, 0.15) is 50.7 Å². The highest BCUT2D eigenvalue weighted by molar-refractivity contribution is 5.81. The second-order valence-corrected chi connectivity index (χ2v) is 6.93. The molecule has 0 unspecified atom stereocenters. The van der Waals surface area contributed by atoms with Crippen LogP contribution < -0.4 is 4.74 Å². The van der Waals surface area contributed by atoms with Crippen LogP contribution in [0.25, 0.3) is 0 Å². The fourth-order valence-electron chi connectivity index (χ4n) is 3.68. The first-order chi connectivity index (χ1) is 10.6. The lowest BCUT2D eigenvalue weighted by Crippen LogP contribution is -2.45. The number of nitrogens with zero attached hydrogens (tertiary/aromatic N) is 1. The first kappa shape index (κ1) is 15.4. The maximum Gasteiger partial charge on any atom is 0.263 e. The molecule has 1 heterocycles. The molecule has 0 bridgehead atoms. The zero-order valence-corrected chi connectivity index (χ0v) is 13.8. The summed E-state index contributed by atoms with van der Waals surface area (Å²) in [6.07, 6.45) is 6.80. The highest BCUT2D eigenvalue weighted by Crippen LogP contribution is 2.26. The number of amides is 1. The van der Waals surface area contributed by atoms with Crippen molar-refractivity contribution in [1.29, 1.82) is 0 Å². The van der Waals surface area contributed by atoms with Gasteiger partial charge in [-0.15, -0.1) is 0 Å². The number of hydrogen-bond acceptors (Lipinski definition) is 2. The molecule has 0 spiro atoms. The molecule has 1 aromatic rings. The van der Waals surface area contributed by atoms with Crippen molar-refractivity contribution < 1.29 is 9.53 Å². The third kappa shape index (κ3) is 3.45. The lowest BCUT2D eigenvalue weighted by Gasteiger charge is -2.32. The van der Waals surface area contributed by atoms with Gasteiger partial charge in [-0.25, -0.2) is 0 Å². The van der Waals surface area contributed by atoms with Crippen LogP contribution in [-0.2, 0) is 17.6 Å². The van der Waals surface area contributed by atoms with E-state index in [0.29, 0.717) is 5.92 Å². The van der Waals surface area contributed by atoms with E-state index in [1.807, 2.05) is 17.9 Å². The van der Waals surface area contributed by atoms with Gasteiger partial charge in [0.25, 0.3) is 5.91 Å². The molecule has 1 amide bonds. The summed E-state index contributed by atoms with van der Waals surface area (Å²) in [5, 5.41) is 0. The van der Waals surface area contributed by atoms with Crippen molar-refractivity contribution in [2.75, 3.05) is 13.1 Å². The van der Waals surface area contributed by atoms with Gasteiger partial charge in [0.15, 0.2) is 6.10 Å². The van der Waals surface area contributed by atoms with Crippen molar-refractivity contribution in [3.8, 4) is 5.75 Å². The summed E-state index contributed by atoms with van der Waals surface area (Å²) >= 11 is 0. The first-order valence-corrected chi connectivity index (χ1v) is 8.71. The molecule has 0 saturated carbocycles. The topological polar surface area (TPSA) is 29.5 Å². The SMILES string of the molecule is C[C@H]1CCCN(C(=O)[C@@H](C)Oc2ccc3c(c2)CCCC3)C1. The number of rotatable bonds is 3. The van der Waals surface area contributed by atoms with Crippen LogP contribution in [0.3, 0.4) is 0 Å². The summed E-state index contributed by atoms with van der Waals surface area (Å²) < 4.78 is 5.94. The van der Waals surface area contributed by atoms with Crippen LogP contribution in [-0.4, -0.2) is 30.0 Å². The highest BCUT2D eigenvalue weighted by Gasteiger charge is 2.26. The fraction of sp³-hybridized carbons (Fsp3) is 0.632. The minimum absolute atomic E-state index is 0.129. The Kier molecular flexibility index (Phi) is 4.70. The smallest absolute Gasteiger partial charge is 0.263 e. The van der Waals surface area contributed by atoms with Gasteiger partial charge in [0, 0.05) is 13.1 Å². The monoisotopic (exact) mass is 301 g/mol. The average molecular weight is 301 g/mol. The molecule has 0 N–H and O–H groups in total. The Morgan fingerprint density at radius 3 is 2.77 bits per heavy atom. The van der Waals surface area contributed by atoms with Gasteiger partial charge in [0.2, 0.25) is 0 Å². The Bertz CT molecular complexity index is 540. The summed E-state index contributed by atoms with van der Waals surface area (Å²) in [5.41, 5.74) is 2.84. The highest BCUT2D eigenvalue weighted by atomic mass is 16.5. The molecule has 3 heteroatoms. The number of likely N-dealkylation sites (tertiary alicyclic amines) is 1. The lowest BCUT2D eigenvalue weighted by molar-refractivity contribution is -0.139. The van der Waals surface area contributed by atoms with E-state index in [-0.39, 0.29) is 5.91 Å². The zero-order chi connectivity index (χ0) is 15.5. The van der Waals surface area contributed by atoms with E-state index in [0.717, 1.165) is 31.7 Å². The Morgan fingerprint density at radius 2 is 2.00 bits per heavy atom. The molecule has 22 heavy (non-hydrogen) atoms. The summed E-state index contributed by atoms with van der Waals surface area (Å²) in [6, 6.07) is 6.33. The van der Waals surface area contributed by atoms with Crippen LogP contribution >= 0.6 is 0 Å². The normalized spacial score (nSPS) is 22.8. The number of aryl methyl sites for hydroxylation is 2. The lowest BCUT2D eigenvalue weighted by atomic mass is 9.92. The van der Waals surface area contributed by atoms with Crippen LogP contribution in [0.15, 0.2) is 18.2 Å². The third-order valence-corrected chi connectivity index (χ3v) is 4.95. The summed E-state index contributed by atoms with van der Waals surface area (Å²) in [7, 11) is 0. The number of fused-ring (bicyclic) bond motifs is 1. The van der Waals surface area contributed by atoms with E-state index in [4.69, 9.17) is 4.74 Å². The minimum Gasteiger partial charge on any atom is -0.481 e. The van der Waals surface area contributed by atoms with E-state index >= 15 is 0 Å². The molecule has 0 aromatic heterocycles.